The van der Waals surface area contributed by atoms with Gasteiger partial charge in [-0.05, 0) is 73.0 Å². The Balaban J connectivity index is 1.57. The molecule has 7 heteroatoms. The lowest BCUT2D eigenvalue weighted by molar-refractivity contribution is 0.0275. The molecule has 3 aliphatic rings. The summed E-state index contributed by atoms with van der Waals surface area (Å²) < 4.78 is 28.1. The van der Waals surface area contributed by atoms with Crippen LogP contribution in [0.3, 0.4) is 0 Å². The van der Waals surface area contributed by atoms with Crippen molar-refractivity contribution in [1.82, 2.24) is 0 Å². The van der Waals surface area contributed by atoms with Gasteiger partial charge < -0.3 is 33.9 Å². The van der Waals surface area contributed by atoms with E-state index >= 15 is 0 Å². The van der Waals surface area contributed by atoms with Gasteiger partial charge in [-0.1, -0.05) is 38.5 Å². The number of allylic oxidation sites excluding steroid dienone is 7. The molecule has 3 atom stereocenters. The monoisotopic (exact) mass is 548 g/mol. The van der Waals surface area contributed by atoms with Crippen molar-refractivity contribution in [2.45, 2.75) is 65.7 Å². The Morgan fingerprint density at radius 2 is 1.54 bits per heavy atom. The number of aliphatic hydroxyl groups is 2. The zero-order chi connectivity index (χ0) is 28.0. The number of ether oxygens (including phenoxy) is 5. The standard InChI is InChI=1S/C32H52O7/c1-26-23-31(2,3)25-32(24-26,28-7-11-30(12-8-28)39-22-21-37-18-14-34)27-5-9-29(10-6-27)38-16-4-15-35-19-20-36-17-13-33/h5,7,9,11-12,26,28,33-34H,4,6,8,10,13-25H2,1-3H3. The molecular weight excluding hydrogens is 496 g/mol. The lowest BCUT2D eigenvalue weighted by Crippen LogP contribution is -2.43. The maximum atomic E-state index is 8.85. The summed E-state index contributed by atoms with van der Waals surface area (Å²) in [5.74, 6) is 3.13. The van der Waals surface area contributed by atoms with Crippen LogP contribution in [0.25, 0.3) is 0 Å². The molecule has 0 bridgehead atoms. The van der Waals surface area contributed by atoms with Gasteiger partial charge in [0, 0.05) is 19.4 Å². The van der Waals surface area contributed by atoms with Crippen molar-refractivity contribution in [3.05, 3.63) is 47.5 Å². The van der Waals surface area contributed by atoms with E-state index in [1.807, 2.05) is 0 Å². The minimum atomic E-state index is 0.0399. The van der Waals surface area contributed by atoms with Crippen LogP contribution in [-0.2, 0) is 23.7 Å². The van der Waals surface area contributed by atoms with E-state index in [2.05, 4.69) is 51.2 Å². The molecule has 0 heterocycles. The molecule has 0 radical (unpaired) electrons. The summed E-state index contributed by atoms with van der Waals surface area (Å²) in [6.45, 7) is 11.5. The van der Waals surface area contributed by atoms with Gasteiger partial charge in [-0.15, -0.1) is 0 Å². The van der Waals surface area contributed by atoms with Crippen LogP contribution in [0.2, 0.25) is 0 Å². The molecule has 1 fully saturated rings. The molecule has 3 aliphatic carbocycles. The third-order valence-electron chi connectivity index (χ3n) is 7.99. The fraction of sp³-hybridized carbons (Fsp3) is 0.750. The van der Waals surface area contributed by atoms with Crippen LogP contribution in [0, 0.1) is 22.7 Å². The highest BCUT2D eigenvalue weighted by molar-refractivity contribution is 5.32. The van der Waals surface area contributed by atoms with E-state index < -0.39 is 0 Å². The molecule has 3 unspecified atom stereocenters. The molecule has 0 amide bonds. The molecule has 222 valence electrons. The van der Waals surface area contributed by atoms with Crippen molar-refractivity contribution in [3.63, 3.8) is 0 Å². The number of hydrogen-bond acceptors (Lipinski definition) is 7. The molecule has 3 rings (SSSR count). The first-order chi connectivity index (χ1) is 18.9. The topological polar surface area (TPSA) is 86.6 Å². The maximum absolute atomic E-state index is 8.85. The first kappa shape index (κ1) is 31.9. The average Bonchev–Trinajstić information content (AvgIpc) is 2.91. The van der Waals surface area contributed by atoms with E-state index in [0.29, 0.717) is 70.1 Å². The van der Waals surface area contributed by atoms with Crippen molar-refractivity contribution < 1.29 is 33.9 Å². The van der Waals surface area contributed by atoms with Crippen molar-refractivity contribution in [2.24, 2.45) is 22.7 Å². The Kier molecular flexibility index (Phi) is 13.6. The highest BCUT2D eigenvalue weighted by atomic mass is 16.5. The second-order valence-electron chi connectivity index (χ2n) is 12.0. The Bertz CT molecular complexity index is 843. The minimum absolute atomic E-state index is 0.0399. The SMILES string of the molecule is CC1CC(C)(C)CC(C2=CC=C(OCCCOCCOCCO)CC2)(C2C=CC(OCCOCCO)=CC2)C1. The van der Waals surface area contributed by atoms with E-state index in [0.717, 1.165) is 37.2 Å². The molecule has 0 aromatic rings. The average molecular weight is 549 g/mol. The summed E-state index contributed by atoms with van der Waals surface area (Å²) in [7, 11) is 0. The van der Waals surface area contributed by atoms with Crippen molar-refractivity contribution in [3.8, 4) is 0 Å². The Morgan fingerprint density at radius 1 is 0.821 bits per heavy atom. The fourth-order valence-corrected chi connectivity index (χ4v) is 6.81. The third-order valence-corrected chi connectivity index (χ3v) is 7.99. The molecule has 7 nitrogen and oxygen atoms in total. The molecular formula is C32H52O7. The summed E-state index contributed by atoms with van der Waals surface area (Å²) in [5, 5.41) is 17.6. The summed E-state index contributed by atoms with van der Waals surface area (Å²) in [4.78, 5) is 0. The van der Waals surface area contributed by atoms with Gasteiger partial charge in [0.2, 0.25) is 0 Å². The lowest BCUT2D eigenvalue weighted by Gasteiger charge is -2.53. The van der Waals surface area contributed by atoms with Gasteiger partial charge in [-0.3, -0.25) is 0 Å². The van der Waals surface area contributed by atoms with Gasteiger partial charge in [-0.25, -0.2) is 0 Å². The summed E-state index contributed by atoms with van der Waals surface area (Å²) in [6.07, 6.45) is 18.9. The molecule has 0 saturated heterocycles. The third kappa shape index (κ3) is 10.4. The van der Waals surface area contributed by atoms with Crippen LogP contribution < -0.4 is 0 Å². The second kappa shape index (κ2) is 16.6. The molecule has 2 N–H and O–H groups in total. The molecule has 1 saturated carbocycles. The predicted molar refractivity (Wildman–Crippen MR) is 153 cm³/mol. The van der Waals surface area contributed by atoms with Gasteiger partial charge in [-0.2, -0.15) is 0 Å². The highest BCUT2D eigenvalue weighted by Gasteiger charge is 2.49. The first-order valence-electron chi connectivity index (χ1n) is 14.9. The Labute approximate surface area is 235 Å². The zero-order valence-corrected chi connectivity index (χ0v) is 24.5. The zero-order valence-electron chi connectivity index (χ0n) is 24.5. The van der Waals surface area contributed by atoms with Gasteiger partial charge in [0.25, 0.3) is 0 Å². The van der Waals surface area contributed by atoms with E-state index in [4.69, 9.17) is 33.9 Å². The van der Waals surface area contributed by atoms with Gasteiger partial charge in [0.05, 0.1) is 58.6 Å². The smallest absolute Gasteiger partial charge is 0.115 e. The number of aliphatic hydroxyl groups excluding tert-OH is 2. The molecule has 0 aromatic heterocycles. The van der Waals surface area contributed by atoms with Crippen LogP contribution in [-0.4, -0.2) is 76.3 Å². The highest BCUT2D eigenvalue weighted by Crippen LogP contribution is 2.59. The van der Waals surface area contributed by atoms with E-state index in [9.17, 15) is 0 Å². The predicted octanol–water partition coefficient (Wildman–Crippen LogP) is 5.34. The van der Waals surface area contributed by atoms with Crippen molar-refractivity contribution in [2.75, 3.05) is 66.1 Å². The van der Waals surface area contributed by atoms with Gasteiger partial charge in [0.1, 0.15) is 12.4 Å². The fourth-order valence-electron chi connectivity index (χ4n) is 6.81. The van der Waals surface area contributed by atoms with Gasteiger partial charge in [0.15, 0.2) is 0 Å². The van der Waals surface area contributed by atoms with Crippen LogP contribution in [0.5, 0.6) is 0 Å². The lowest BCUT2D eigenvalue weighted by atomic mass is 9.51. The van der Waals surface area contributed by atoms with E-state index in [-0.39, 0.29) is 18.6 Å². The quantitative estimate of drug-likeness (QED) is 0.224. The van der Waals surface area contributed by atoms with Crippen molar-refractivity contribution in [1.29, 1.82) is 0 Å². The largest absolute Gasteiger partial charge is 0.498 e. The Morgan fingerprint density at radius 3 is 2.15 bits per heavy atom. The van der Waals surface area contributed by atoms with Crippen LogP contribution in [0.1, 0.15) is 65.7 Å². The van der Waals surface area contributed by atoms with E-state index in [1.54, 1.807) is 5.57 Å². The van der Waals surface area contributed by atoms with Crippen molar-refractivity contribution >= 4 is 0 Å². The normalized spacial score (nSPS) is 26.5. The molecule has 0 aliphatic heterocycles. The van der Waals surface area contributed by atoms with Crippen LogP contribution in [0.4, 0.5) is 0 Å². The molecule has 0 aromatic carbocycles. The summed E-state index contributed by atoms with van der Waals surface area (Å²) in [6, 6.07) is 0. The van der Waals surface area contributed by atoms with Crippen LogP contribution >= 0.6 is 0 Å². The summed E-state index contributed by atoms with van der Waals surface area (Å²) in [5.41, 5.74) is 2.03. The molecule has 0 spiro atoms. The summed E-state index contributed by atoms with van der Waals surface area (Å²) >= 11 is 0. The molecule has 39 heavy (non-hydrogen) atoms. The maximum Gasteiger partial charge on any atom is 0.115 e. The minimum Gasteiger partial charge on any atom is -0.498 e. The van der Waals surface area contributed by atoms with Crippen LogP contribution in [0.15, 0.2) is 47.5 Å². The first-order valence-corrected chi connectivity index (χ1v) is 14.9. The second-order valence-corrected chi connectivity index (χ2v) is 12.0. The number of rotatable bonds is 18. The Hall–Kier alpha value is -1.64. The van der Waals surface area contributed by atoms with E-state index in [1.165, 1.54) is 19.3 Å². The number of hydrogen-bond donors (Lipinski definition) is 2. The van der Waals surface area contributed by atoms with Gasteiger partial charge >= 0.3 is 0 Å².